The van der Waals surface area contributed by atoms with E-state index in [1.807, 2.05) is 18.5 Å². The average Bonchev–Trinajstić information content (AvgIpc) is 3.26. The fourth-order valence-corrected chi connectivity index (χ4v) is 3.42. The molecule has 1 unspecified atom stereocenters. The number of rotatable bonds is 7. The Labute approximate surface area is 136 Å². The van der Waals surface area contributed by atoms with E-state index < -0.39 is 0 Å². The number of nitrogens with zero attached hydrogens (tertiary/aromatic N) is 6. The van der Waals surface area contributed by atoms with Crippen molar-refractivity contribution in [3.8, 4) is 0 Å². The molecule has 3 heterocycles. The van der Waals surface area contributed by atoms with E-state index in [0.29, 0.717) is 11.8 Å². The predicted octanol–water partition coefficient (Wildman–Crippen LogP) is 2.78. The van der Waals surface area contributed by atoms with Crippen LogP contribution in [0, 0.1) is 0 Å². The number of hydrogen-bond acceptors (Lipinski definition) is 8. The summed E-state index contributed by atoms with van der Waals surface area (Å²) in [5, 5.41) is 22.8. The second-order valence-corrected chi connectivity index (χ2v) is 7.00. The second kappa shape index (κ2) is 7.01. The van der Waals surface area contributed by atoms with E-state index in [1.54, 1.807) is 11.3 Å². The van der Waals surface area contributed by atoms with Crippen molar-refractivity contribution in [3.63, 3.8) is 0 Å². The molecule has 0 saturated carbocycles. The monoisotopic (exact) mass is 336 g/mol. The summed E-state index contributed by atoms with van der Waals surface area (Å²) in [6.45, 7) is 4.75. The van der Waals surface area contributed by atoms with Gasteiger partial charge in [0.25, 0.3) is 0 Å². The van der Waals surface area contributed by atoms with Crippen molar-refractivity contribution in [2.75, 3.05) is 0 Å². The molecule has 0 fully saturated rings. The number of aromatic nitrogens is 6. The molecule has 0 saturated heterocycles. The maximum atomic E-state index is 5.58. The summed E-state index contributed by atoms with van der Waals surface area (Å²) in [6, 6.07) is 4.17. The van der Waals surface area contributed by atoms with Crippen molar-refractivity contribution >= 4 is 23.1 Å². The summed E-state index contributed by atoms with van der Waals surface area (Å²) in [7, 11) is 0. The second-order valence-electron chi connectivity index (χ2n) is 4.66. The highest BCUT2D eigenvalue weighted by Gasteiger charge is 2.18. The lowest BCUT2D eigenvalue weighted by Gasteiger charge is -2.06. The molecule has 0 aliphatic heterocycles. The van der Waals surface area contributed by atoms with Gasteiger partial charge in [0.15, 0.2) is 0 Å². The van der Waals surface area contributed by atoms with Gasteiger partial charge in [-0.1, -0.05) is 24.8 Å². The first kappa shape index (κ1) is 15.2. The van der Waals surface area contributed by atoms with Gasteiger partial charge in [0.1, 0.15) is 0 Å². The standard InChI is InChI=1S/C13H16N6OS2/c1-3-11-14-15-12(20-11)9(2)22-13-16-17-18-19(13)7-6-10-5-4-8-21-10/h4-5,8-9H,3,6-7H2,1-2H3. The van der Waals surface area contributed by atoms with E-state index in [1.165, 1.54) is 16.6 Å². The highest BCUT2D eigenvalue weighted by molar-refractivity contribution is 7.99. The molecule has 3 rings (SSSR count). The van der Waals surface area contributed by atoms with Crippen LogP contribution in [0.25, 0.3) is 0 Å². The Morgan fingerprint density at radius 3 is 3.00 bits per heavy atom. The largest absolute Gasteiger partial charge is 0.424 e. The average molecular weight is 336 g/mol. The Morgan fingerprint density at radius 2 is 2.27 bits per heavy atom. The number of hydrogen-bond donors (Lipinski definition) is 0. The third kappa shape index (κ3) is 3.53. The van der Waals surface area contributed by atoms with Crippen LogP contribution in [0.5, 0.6) is 0 Å². The zero-order valence-corrected chi connectivity index (χ0v) is 14.0. The third-order valence-corrected chi connectivity index (χ3v) is 5.06. The van der Waals surface area contributed by atoms with E-state index in [0.717, 1.165) is 24.5 Å². The molecule has 9 heteroatoms. The highest BCUT2D eigenvalue weighted by Crippen LogP contribution is 2.32. The predicted molar refractivity (Wildman–Crippen MR) is 83.8 cm³/mol. The van der Waals surface area contributed by atoms with Gasteiger partial charge in [-0.25, -0.2) is 4.68 Å². The molecule has 1 atom stereocenters. The molecule has 7 nitrogen and oxygen atoms in total. The molecule has 0 amide bonds. The van der Waals surface area contributed by atoms with Crippen LogP contribution < -0.4 is 0 Å². The van der Waals surface area contributed by atoms with Crippen LogP contribution in [0.2, 0.25) is 0 Å². The minimum Gasteiger partial charge on any atom is -0.424 e. The summed E-state index contributed by atoms with van der Waals surface area (Å²) < 4.78 is 7.40. The van der Waals surface area contributed by atoms with Crippen LogP contribution in [-0.4, -0.2) is 30.4 Å². The van der Waals surface area contributed by atoms with Gasteiger partial charge in [-0.15, -0.1) is 26.6 Å². The van der Waals surface area contributed by atoms with Crippen molar-refractivity contribution in [3.05, 3.63) is 34.2 Å². The van der Waals surface area contributed by atoms with Crippen molar-refractivity contribution in [2.45, 2.75) is 43.6 Å². The summed E-state index contributed by atoms with van der Waals surface area (Å²) >= 11 is 3.27. The number of aryl methyl sites for hydroxylation is 3. The first-order chi connectivity index (χ1) is 10.8. The summed E-state index contributed by atoms with van der Waals surface area (Å²) in [6.07, 6.45) is 1.66. The lowest BCUT2D eigenvalue weighted by atomic mass is 10.3. The molecule has 3 aromatic rings. The van der Waals surface area contributed by atoms with E-state index >= 15 is 0 Å². The van der Waals surface area contributed by atoms with Crippen LogP contribution in [0.3, 0.4) is 0 Å². The summed E-state index contributed by atoms with van der Waals surface area (Å²) in [5.74, 6) is 1.26. The maximum Gasteiger partial charge on any atom is 0.229 e. The van der Waals surface area contributed by atoms with Crippen LogP contribution >= 0.6 is 23.1 Å². The summed E-state index contributed by atoms with van der Waals surface area (Å²) in [5.41, 5.74) is 0. The minimum absolute atomic E-state index is 0.0132. The van der Waals surface area contributed by atoms with Crippen LogP contribution in [0.4, 0.5) is 0 Å². The SMILES string of the molecule is CCc1nnc(C(C)Sc2nnnn2CCc2cccs2)o1. The zero-order valence-electron chi connectivity index (χ0n) is 12.3. The van der Waals surface area contributed by atoms with Crippen molar-refractivity contribution in [1.29, 1.82) is 0 Å². The molecule has 0 N–H and O–H groups in total. The molecule has 0 aliphatic rings. The topological polar surface area (TPSA) is 82.5 Å². The zero-order chi connectivity index (χ0) is 15.4. The molecule has 3 aromatic heterocycles. The quantitative estimate of drug-likeness (QED) is 0.613. The third-order valence-electron chi connectivity index (χ3n) is 3.06. The van der Waals surface area contributed by atoms with Gasteiger partial charge >= 0.3 is 0 Å². The molecule has 22 heavy (non-hydrogen) atoms. The Bertz CT molecular complexity index is 708. The molecular weight excluding hydrogens is 320 g/mol. The molecule has 0 bridgehead atoms. The highest BCUT2D eigenvalue weighted by atomic mass is 32.2. The summed E-state index contributed by atoms with van der Waals surface area (Å²) in [4.78, 5) is 1.32. The number of thioether (sulfide) groups is 1. The Balaban J connectivity index is 1.63. The van der Waals surface area contributed by atoms with Gasteiger partial charge in [-0.2, -0.15) is 0 Å². The molecule has 0 aromatic carbocycles. The van der Waals surface area contributed by atoms with Crippen LogP contribution in [0.1, 0.15) is 35.8 Å². The molecule has 116 valence electrons. The first-order valence-corrected chi connectivity index (χ1v) is 8.79. The Morgan fingerprint density at radius 1 is 1.36 bits per heavy atom. The van der Waals surface area contributed by atoms with Crippen molar-refractivity contribution in [2.24, 2.45) is 0 Å². The fraction of sp³-hybridized carbons (Fsp3) is 0.462. The molecule has 0 spiro atoms. The number of thiophene rings is 1. The van der Waals surface area contributed by atoms with Crippen LogP contribution in [0.15, 0.2) is 27.1 Å². The lowest BCUT2D eigenvalue weighted by molar-refractivity contribution is 0.455. The van der Waals surface area contributed by atoms with Gasteiger partial charge in [0, 0.05) is 17.7 Å². The van der Waals surface area contributed by atoms with Gasteiger partial charge < -0.3 is 4.42 Å². The van der Waals surface area contributed by atoms with E-state index in [-0.39, 0.29) is 5.25 Å². The fourth-order valence-electron chi connectivity index (χ4n) is 1.87. The van der Waals surface area contributed by atoms with Gasteiger partial charge in [0.2, 0.25) is 16.9 Å². The number of tetrazole rings is 1. The Hall–Kier alpha value is -1.74. The van der Waals surface area contributed by atoms with Crippen molar-refractivity contribution < 1.29 is 4.42 Å². The molecule has 0 radical (unpaired) electrons. The van der Waals surface area contributed by atoms with Gasteiger partial charge in [-0.3, -0.25) is 0 Å². The smallest absolute Gasteiger partial charge is 0.229 e. The lowest BCUT2D eigenvalue weighted by Crippen LogP contribution is -2.05. The van der Waals surface area contributed by atoms with Crippen LogP contribution in [-0.2, 0) is 19.4 Å². The van der Waals surface area contributed by atoms with E-state index in [9.17, 15) is 0 Å². The first-order valence-electron chi connectivity index (χ1n) is 7.03. The minimum atomic E-state index is 0.0132. The van der Waals surface area contributed by atoms with E-state index in [2.05, 4.69) is 43.2 Å². The van der Waals surface area contributed by atoms with Gasteiger partial charge in [-0.05, 0) is 28.8 Å². The Kier molecular flexibility index (Phi) is 4.84. The van der Waals surface area contributed by atoms with E-state index in [4.69, 9.17) is 4.42 Å². The normalized spacial score (nSPS) is 12.6. The van der Waals surface area contributed by atoms with Gasteiger partial charge in [0.05, 0.1) is 11.8 Å². The molecule has 0 aliphatic carbocycles. The van der Waals surface area contributed by atoms with Crippen molar-refractivity contribution in [1.82, 2.24) is 30.4 Å². The molecular formula is C13H16N6OS2. The maximum absolute atomic E-state index is 5.58.